The van der Waals surface area contributed by atoms with Crippen LogP contribution in [0.4, 0.5) is 5.82 Å². The van der Waals surface area contributed by atoms with Gasteiger partial charge in [-0.05, 0) is 24.3 Å². The summed E-state index contributed by atoms with van der Waals surface area (Å²) in [5.41, 5.74) is 1.94. The third-order valence-electron chi connectivity index (χ3n) is 4.63. The zero-order valence-corrected chi connectivity index (χ0v) is 15.4. The molecule has 1 aliphatic rings. The van der Waals surface area contributed by atoms with Crippen molar-refractivity contribution in [2.45, 2.75) is 6.54 Å². The molecule has 1 N–H and O–H groups in total. The topological polar surface area (TPSA) is 52.5 Å². The lowest BCUT2D eigenvalue weighted by Crippen LogP contribution is -2.46. The number of nitrogens with zero attached hydrogens (tertiary/aromatic N) is 4. The van der Waals surface area contributed by atoms with Gasteiger partial charge in [0.25, 0.3) is 0 Å². The Bertz CT molecular complexity index is 888. The summed E-state index contributed by atoms with van der Waals surface area (Å²) in [4.78, 5) is 13.5. The first-order valence-electron chi connectivity index (χ1n) is 8.35. The molecule has 0 unspecified atom stereocenters. The van der Waals surface area contributed by atoms with Crippen molar-refractivity contribution < 1.29 is 5.11 Å². The van der Waals surface area contributed by atoms with Crippen LogP contribution >= 0.6 is 15.9 Å². The number of hydrogen-bond acceptors (Lipinski definition) is 5. The second-order valence-corrected chi connectivity index (χ2v) is 7.17. The number of halogens is 1. The predicted molar refractivity (Wildman–Crippen MR) is 103 cm³/mol. The van der Waals surface area contributed by atoms with E-state index in [0.29, 0.717) is 5.75 Å². The summed E-state index contributed by atoms with van der Waals surface area (Å²) in [5.74, 6) is 1.36. The molecule has 0 atom stereocenters. The molecule has 0 aliphatic carbocycles. The van der Waals surface area contributed by atoms with E-state index in [9.17, 15) is 5.11 Å². The third-order valence-corrected chi connectivity index (χ3v) is 5.13. The van der Waals surface area contributed by atoms with Gasteiger partial charge in [-0.1, -0.05) is 34.1 Å². The molecule has 0 amide bonds. The molecular weight excluding hydrogens is 380 g/mol. The van der Waals surface area contributed by atoms with Crippen molar-refractivity contribution >= 4 is 32.7 Å². The Labute approximate surface area is 155 Å². The molecule has 0 saturated carbocycles. The molecule has 0 radical (unpaired) electrons. The van der Waals surface area contributed by atoms with E-state index in [4.69, 9.17) is 0 Å². The van der Waals surface area contributed by atoms with Crippen LogP contribution in [0.5, 0.6) is 5.75 Å². The number of anilines is 1. The van der Waals surface area contributed by atoms with Gasteiger partial charge >= 0.3 is 0 Å². The Morgan fingerprint density at radius 3 is 2.60 bits per heavy atom. The molecule has 1 aliphatic heterocycles. The Kier molecular flexibility index (Phi) is 4.55. The number of benzene rings is 2. The highest BCUT2D eigenvalue weighted by molar-refractivity contribution is 9.10. The number of fused-ring (bicyclic) bond motifs is 1. The van der Waals surface area contributed by atoms with E-state index in [-0.39, 0.29) is 0 Å². The molecule has 4 rings (SSSR count). The van der Waals surface area contributed by atoms with Crippen molar-refractivity contribution in [3.8, 4) is 5.75 Å². The van der Waals surface area contributed by atoms with Crippen LogP contribution in [-0.4, -0.2) is 46.2 Å². The van der Waals surface area contributed by atoms with Crippen LogP contribution in [0.1, 0.15) is 5.56 Å². The number of hydrogen-bond donors (Lipinski definition) is 1. The highest BCUT2D eigenvalue weighted by Gasteiger charge is 2.20. The SMILES string of the molecule is Oc1cc(Br)ccc1CN1CCN(c2ncnc3ccccc23)CC1. The molecule has 1 saturated heterocycles. The normalized spacial score (nSPS) is 15.6. The smallest absolute Gasteiger partial charge is 0.139 e. The second kappa shape index (κ2) is 6.98. The van der Waals surface area contributed by atoms with Crippen LogP contribution in [0.15, 0.2) is 53.3 Å². The van der Waals surface area contributed by atoms with E-state index in [0.717, 1.165) is 59.5 Å². The molecule has 1 aromatic heterocycles. The summed E-state index contributed by atoms with van der Waals surface area (Å²) < 4.78 is 0.897. The van der Waals surface area contributed by atoms with E-state index in [1.807, 2.05) is 30.3 Å². The maximum Gasteiger partial charge on any atom is 0.139 e. The van der Waals surface area contributed by atoms with Crippen molar-refractivity contribution in [1.29, 1.82) is 0 Å². The fraction of sp³-hybridized carbons (Fsp3) is 0.263. The van der Waals surface area contributed by atoms with Crippen LogP contribution in [0, 0.1) is 0 Å². The first-order valence-corrected chi connectivity index (χ1v) is 9.14. The number of phenolic OH excluding ortho intramolecular Hbond substituents is 1. The van der Waals surface area contributed by atoms with Crippen molar-refractivity contribution in [3.63, 3.8) is 0 Å². The van der Waals surface area contributed by atoms with Crippen LogP contribution < -0.4 is 4.90 Å². The maximum absolute atomic E-state index is 10.1. The zero-order chi connectivity index (χ0) is 17.2. The number of aromatic nitrogens is 2. The second-order valence-electron chi connectivity index (χ2n) is 6.25. The number of piperazine rings is 1. The van der Waals surface area contributed by atoms with Crippen LogP contribution in [0.25, 0.3) is 10.9 Å². The van der Waals surface area contributed by atoms with Crippen LogP contribution in [0.3, 0.4) is 0 Å². The lowest BCUT2D eigenvalue weighted by Gasteiger charge is -2.35. The monoisotopic (exact) mass is 398 g/mol. The van der Waals surface area contributed by atoms with Gasteiger partial charge in [-0.15, -0.1) is 0 Å². The molecule has 0 bridgehead atoms. The van der Waals surface area contributed by atoms with Gasteiger partial charge in [0.15, 0.2) is 0 Å². The molecule has 1 fully saturated rings. The van der Waals surface area contributed by atoms with Crippen molar-refractivity contribution in [2.24, 2.45) is 0 Å². The molecule has 3 aromatic rings. The van der Waals surface area contributed by atoms with Gasteiger partial charge in [-0.3, -0.25) is 4.90 Å². The zero-order valence-electron chi connectivity index (χ0n) is 13.8. The van der Waals surface area contributed by atoms with Gasteiger partial charge in [0.2, 0.25) is 0 Å². The molecule has 25 heavy (non-hydrogen) atoms. The molecule has 6 heteroatoms. The van der Waals surface area contributed by atoms with Gasteiger partial charge in [0.1, 0.15) is 17.9 Å². The Morgan fingerprint density at radius 1 is 1.00 bits per heavy atom. The predicted octanol–water partition coefficient (Wildman–Crippen LogP) is 3.42. The van der Waals surface area contributed by atoms with Crippen molar-refractivity contribution in [2.75, 3.05) is 31.1 Å². The van der Waals surface area contributed by atoms with Gasteiger partial charge in [-0.2, -0.15) is 0 Å². The summed E-state index contributed by atoms with van der Waals surface area (Å²) in [6.07, 6.45) is 1.64. The van der Waals surface area contributed by atoms with Crippen LogP contribution in [-0.2, 0) is 6.54 Å². The maximum atomic E-state index is 10.1. The van der Waals surface area contributed by atoms with Gasteiger partial charge in [-0.25, -0.2) is 9.97 Å². The molecule has 128 valence electrons. The van der Waals surface area contributed by atoms with Crippen molar-refractivity contribution in [3.05, 3.63) is 58.8 Å². The summed E-state index contributed by atoms with van der Waals surface area (Å²) >= 11 is 3.38. The first kappa shape index (κ1) is 16.3. The minimum absolute atomic E-state index is 0.346. The average molecular weight is 399 g/mol. The van der Waals surface area contributed by atoms with E-state index in [1.165, 1.54) is 0 Å². The minimum atomic E-state index is 0.346. The summed E-state index contributed by atoms with van der Waals surface area (Å²) in [6.45, 7) is 4.47. The Balaban J connectivity index is 1.46. The standard InChI is InChI=1S/C19H19BrN4O/c20-15-6-5-14(18(25)11-15)12-23-7-9-24(10-8-23)19-16-3-1-2-4-17(16)21-13-22-19/h1-6,11,13,25H,7-10,12H2. The van der Waals surface area contributed by atoms with Gasteiger partial charge < -0.3 is 10.0 Å². The highest BCUT2D eigenvalue weighted by atomic mass is 79.9. The fourth-order valence-corrected chi connectivity index (χ4v) is 3.62. The number of aromatic hydroxyl groups is 1. The van der Waals surface area contributed by atoms with E-state index >= 15 is 0 Å². The number of rotatable bonds is 3. The van der Waals surface area contributed by atoms with E-state index < -0.39 is 0 Å². The third kappa shape index (κ3) is 3.45. The van der Waals surface area contributed by atoms with E-state index in [2.05, 4.69) is 41.8 Å². The van der Waals surface area contributed by atoms with Gasteiger partial charge in [0.05, 0.1) is 5.52 Å². The van der Waals surface area contributed by atoms with Gasteiger partial charge in [0, 0.05) is 48.1 Å². The van der Waals surface area contributed by atoms with Crippen LogP contribution in [0.2, 0.25) is 0 Å². The lowest BCUT2D eigenvalue weighted by molar-refractivity contribution is 0.246. The molecular formula is C19H19BrN4O. The van der Waals surface area contributed by atoms with Crippen molar-refractivity contribution in [1.82, 2.24) is 14.9 Å². The highest BCUT2D eigenvalue weighted by Crippen LogP contribution is 2.26. The summed E-state index contributed by atoms with van der Waals surface area (Å²) in [6, 6.07) is 13.8. The molecule has 0 spiro atoms. The molecule has 2 heterocycles. The molecule has 5 nitrogen and oxygen atoms in total. The summed E-state index contributed by atoms with van der Waals surface area (Å²) in [5, 5.41) is 11.2. The van der Waals surface area contributed by atoms with E-state index in [1.54, 1.807) is 12.4 Å². The minimum Gasteiger partial charge on any atom is -0.508 e. The average Bonchev–Trinajstić information content (AvgIpc) is 2.64. The number of para-hydroxylation sites is 1. The largest absolute Gasteiger partial charge is 0.508 e. The quantitative estimate of drug-likeness (QED) is 0.732. The first-order chi connectivity index (χ1) is 12.2. The fourth-order valence-electron chi connectivity index (χ4n) is 3.27. The lowest BCUT2D eigenvalue weighted by atomic mass is 10.1. The number of phenols is 1. The summed E-state index contributed by atoms with van der Waals surface area (Å²) in [7, 11) is 0. The molecule has 2 aromatic carbocycles. The Hall–Kier alpha value is -2.18. The Morgan fingerprint density at radius 2 is 1.80 bits per heavy atom.